The maximum absolute atomic E-state index is 13.2. The van der Waals surface area contributed by atoms with Crippen LogP contribution in [0, 0.1) is 0 Å². The smallest absolute Gasteiger partial charge is 0.281 e. The first-order valence-corrected chi connectivity index (χ1v) is 10.1. The monoisotopic (exact) mass is 458 g/mol. The van der Waals surface area contributed by atoms with E-state index in [0.717, 1.165) is 5.56 Å². The molecule has 0 aliphatic heterocycles. The topological polar surface area (TPSA) is 103 Å². The van der Waals surface area contributed by atoms with E-state index in [0.29, 0.717) is 29.1 Å². The molecule has 1 unspecified atom stereocenters. The molecule has 12 heteroatoms. The summed E-state index contributed by atoms with van der Waals surface area (Å²) >= 11 is 6.29. The molecule has 1 atom stereocenters. The maximum atomic E-state index is 13.2. The van der Waals surface area contributed by atoms with Crippen LogP contribution in [0.4, 0.5) is 14.5 Å². The number of imidazole rings is 1. The Morgan fingerprint density at radius 2 is 2.00 bits per heavy atom. The van der Waals surface area contributed by atoms with E-state index in [-0.39, 0.29) is 16.6 Å². The molecule has 1 N–H and O–H groups in total. The van der Waals surface area contributed by atoms with E-state index < -0.39 is 17.8 Å². The van der Waals surface area contributed by atoms with Crippen LogP contribution in [0.1, 0.15) is 49.4 Å². The second kappa shape index (κ2) is 7.30. The van der Waals surface area contributed by atoms with Gasteiger partial charge in [0.15, 0.2) is 11.5 Å². The number of amides is 1. The van der Waals surface area contributed by atoms with Gasteiger partial charge in [0.2, 0.25) is 5.91 Å². The third kappa shape index (κ3) is 3.29. The number of alkyl halides is 2. The molecule has 5 rings (SSSR count). The van der Waals surface area contributed by atoms with E-state index in [4.69, 9.17) is 11.6 Å². The molecule has 1 aliphatic rings. The molecule has 0 saturated heterocycles. The van der Waals surface area contributed by atoms with Gasteiger partial charge in [-0.15, -0.1) is 4.80 Å². The van der Waals surface area contributed by atoms with Crippen molar-refractivity contribution in [1.82, 2.24) is 34.6 Å². The summed E-state index contributed by atoms with van der Waals surface area (Å²) in [7, 11) is 0. The Morgan fingerprint density at radius 3 is 2.69 bits per heavy atom. The molecule has 32 heavy (non-hydrogen) atoms. The Labute approximate surface area is 185 Å². The third-order valence-electron chi connectivity index (χ3n) is 5.54. The summed E-state index contributed by atoms with van der Waals surface area (Å²) in [6, 6.07) is 1.57. The van der Waals surface area contributed by atoms with Gasteiger partial charge < -0.3 is 5.32 Å². The predicted octanol–water partition coefficient (Wildman–Crippen LogP) is 3.70. The van der Waals surface area contributed by atoms with Crippen molar-refractivity contribution in [3.63, 3.8) is 0 Å². The summed E-state index contributed by atoms with van der Waals surface area (Å²) in [5.41, 5.74) is 1.37. The molecule has 4 aromatic heterocycles. The number of carbonyl (C=O) groups is 1. The summed E-state index contributed by atoms with van der Waals surface area (Å²) in [5, 5.41) is 15.3. The minimum absolute atomic E-state index is 0.270. The molecule has 4 heterocycles. The van der Waals surface area contributed by atoms with Crippen molar-refractivity contribution >= 4 is 28.8 Å². The van der Waals surface area contributed by atoms with Gasteiger partial charge in [-0.25, -0.2) is 23.3 Å². The Balaban J connectivity index is 1.46. The van der Waals surface area contributed by atoms with Crippen LogP contribution in [-0.4, -0.2) is 40.5 Å². The fourth-order valence-corrected chi connectivity index (χ4v) is 4.43. The number of halogens is 3. The van der Waals surface area contributed by atoms with Gasteiger partial charge in [0.1, 0.15) is 5.69 Å². The first-order valence-electron chi connectivity index (χ1n) is 9.74. The number of anilines is 1. The molecule has 0 radical (unpaired) electrons. The normalized spacial score (nSPS) is 17.1. The highest BCUT2D eigenvalue weighted by atomic mass is 35.5. The quantitative estimate of drug-likeness (QED) is 0.500. The molecule has 164 valence electrons. The largest absolute Gasteiger partial charge is 0.324 e. The summed E-state index contributed by atoms with van der Waals surface area (Å²) in [4.78, 5) is 22.7. The molecule has 1 amide bonds. The van der Waals surface area contributed by atoms with Gasteiger partial charge in [0, 0.05) is 5.56 Å². The van der Waals surface area contributed by atoms with Crippen molar-refractivity contribution in [1.29, 1.82) is 0 Å². The van der Waals surface area contributed by atoms with Crippen LogP contribution in [0.15, 0.2) is 37.1 Å². The van der Waals surface area contributed by atoms with E-state index in [1.807, 2.05) is 13.8 Å². The standard InChI is InChI=1S/C20H17ClF2N8O/c1-20(2)6-11(12-8-27-30-9-14(16(22)23)29-18(30)15(12)20)19(32)28-10-5-13(21)17(24-7-10)31-25-3-4-26-31/h3-5,7-9,11,16H,6H2,1-2H3,(H,28,32). The summed E-state index contributed by atoms with van der Waals surface area (Å²) in [5.74, 6) is -0.468. The molecule has 4 aromatic rings. The fourth-order valence-electron chi connectivity index (χ4n) is 4.19. The van der Waals surface area contributed by atoms with Crippen LogP contribution in [0.3, 0.4) is 0 Å². The van der Waals surface area contributed by atoms with Crippen LogP contribution in [0.25, 0.3) is 11.5 Å². The number of fused-ring (bicyclic) bond motifs is 3. The van der Waals surface area contributed by atoms with Crippen LogP contribution in [0.2, 0.25) is 5.02 Å². The third-order valence-corrected chi connectivity index (χ3v) is 5.82. The van der Waals surface area contributed by atoms with E-state index in [9.17, 15) is 13.6 Å². The van der Waals surface area contributed by atoms with Crippen molar-refractivity contribution < 1.29 is 13.6 Å². The number of carbonyl (C=O) groups excluding carboxylic acids is 1. The van der Waals surface area contributed by atoms with E-state index >= 15 is 0 Å². The van der Waals surface area contributed by atoms with Gasteiger partial charge in [0.25, 0.3) is 6.43 Å². The average Bonchev–Trinajstić information content (AvgIpc) is 3.45. The second-order valence-electron chi connectivity index (χ2n) is 8.19. The number of pyridine rings is 1. The Hall–Kier alpha value is -3.47. The van der Waals surface area contributed by atoms with Crippen molar-refractivity contribution in [3.8, 4) is 5.82 Å². The molecule has 0 fully saturated rings. The summed E-state index contributed by atoms with van der Waals surface area (Å²) < 4.78 is 27.6. The molecule has 0 bridgehead atoms. The SMILES string of the molecule is CC1(C)CC(C(=O)Nc2cnc(-n3nccn3)c(Cl)c2)c2cnn3cc(C(F)F)nc3c21. The minimum atomic E-state index is -2.70. The van der Waals surface area contributed by atoms with Gasteiger partial charge in [-0.3, -0.25) is 4.79 Å². The zero-order chi connectivity index (χ0) is 22.6. The van der Waals surface area contributed by atoms with Gasteiger partial charge in [-0.1, -0.05) is 25.4 Å². The van der Waals surface area contributed by atoms with Gasteiger partial charge in [-0.05, 0) is 23.5 Å². The zero-order valence-corrected chi connectivity index (χ0v) is 17.8. The van der Waals surface area contributed by atoms with Gasteiger partial charge in [0.05, 0.1) is 47.6 Å². The molecular formula is C20H17ClF2N8O. The lowest BCUT2D eigenvalue weighted by Gasteiger charge is -2.19. The van der Waals surface area contributed by atoms with Crippen molar-refractivity contribution in [2.75, 3.05) is 5.32 Å². The highest BCUT2D eigenvalue weighted by Crippen LogP contribution is 2.47. The molecule has 9 nitrogen and oxygen atoms in total. The lowest BCUT2D eigenvalue weighted by molar-refractivity contribution is -0.117. The number of rotatable bonds is 4. The lowest BCUT2D eigenvalue weighted by Crippen LogP contribution is -2.21. The Bertz CT molecular complexity index is 1340. The zero-order valence-electron chi connectivity index (χ0n) is 17.0. The second-order valence-corrected chi connectivity index (χ2v) is 8.59. The number of nitrogens with zero attached hydrogens (tertiary/aromatic N) is 7. The van der Waals surface area contributed by atoms with Gasteiger partial charge in [-0.2, -0.15) is 15.3 Å². The van der Waals surface area contributed by atoms with Crippen molar-refractivity contribution in [2.45, 2.75) is 38.0 Å². The Morgan fingerprint density at radius 1 is 1.25 bits per heavy atom. The van der Waals surface area contributed by atoms with Crippen LogP contribution in [0.5, 0.6) is 0 Å². The number of hydrogen-bond acceptors (Lipinski definition) is 6. The fraction of sp³-hybridized carbons (Fsp3) is 0.300. The van der Waals surface area contributed by atoms with Crippen LogP contribution >= 0.6 is 11.6 Å². The highest BCUT2D eigenvalue weighted by molar-refractivity contribution is 6.32. The molecule has 1 aliphatic carbocycles. The average molecular weight is 459 g/mol. The maximum Gasteiger partial charge on any atom is 0.281 e. The molecule has 0 aromatic carbocycles. The van der Waals surface area contributed by atoms with E-state index in [1.54, 1.807) is 12.3 Å². The number of aromatic nitrogens is 7. The van der Waals surface area contributed by atoms with Crippen molar-refractivity contribution in [2.24, 2.45) is 0 Å². The van der Waals surface area contributed by atoms with E-state index in [2.05, 4.69) is 30.6 Å². The summed E-state index contributed by atoms with van der Waals surface area (Å²) in [6.07, 6.45) is 5.01. The number of hydrogen-bond donors (Lipinski definition) is 1. The van der Waals surface area contributed by atoms with Gasteiger partial charge >= 0.3 is 0 Å². The van der Waals surface area contributed by atoms with Crippen molar-refractivity contribution in [3.05, 3.63) is 58.9 Å². The molecule has 0 spiro atoms. The first kappa shape index (κ1) is 20.4. The molecular weight excluding hydrogens is 442 g/mol. The molecule has 0 saturated carbocycles. The summed E-state index contributed by atoms with van der Waals surface area (Å²) in [6.45, 7) is 3.92. The first-order chi connectivity index (χ1) is 15.2. The highest BCUT2D eigenvalue weighted by Gasteiger charge is 2.43. The Kier molecular flexibility index (Phi) is 4.66. The lowest BCUT2D eigenvalue weighted by atomic mass is 9.86. The minimum Gasteiger partial charge on any atom is -0.324 e. The van der Waals surface area contributed by atoms with Crippen LogP contribution in [-0.2, 0) is 10.2 Å². The number of nitrogens with one attached hydrogen (secondary N) is 1. The predicted molar refractivity (Wildman–Crippen MR) is 111 cm³/mol. The van der Waals surface area contributed by atoms with E-state index in [1.165, 1.54) is 34.1 Å². The van der Waals surface area contributed by atoms with Crippen LogP contribution < -0.4 is 5.32 Å².